The molecule has 2 aliphatic rings. The van der Waals surface area contributed by atoms with Crippen LogP contribution in [-0.4, -0.2) is 31.2 Å². The second kappa shape index (κ2) is 11.9. The maximum absolute atomic E-state index is 5.52. The molecule has 142 valence electrons. The average Bonchev–Trinajstić information content (AvgIpc) is 3.27. The van der Waals surface area contributed by atoms with Gasteiger partial charge in [-0.1, -0.05) is 70.0 Å². The van der Waals surface area contributed by atoms with Crippen molar-refractivity contribution in [3.05, 3.63) is 66.2 Å². The van der Waals surface area contributed by atoms with Gasteiger partial charge in [0.2, 0.25) is 5.90 Å². The van der Waals surface area contributed by atoms with E-state index in [0.717, 1.165) is 0 Å². The molecule has 0 aromatic heterocycles. The van der Waals surface area contributed by atoms with Crippen molar-refractivity contribution in [2.45, 2.75) is 39.8 Å². The van der Waals surface area contributed by atoms with E-state index in [-0.39, 0.29) is 31.6 Å². The van der Waals surface area contributed by atoms with Crippen molar-refractivity contribution >= 4 is 12.0 Å². The van der Waals surface area contributed by atoms with Crippen molar-refractivity contribution in [3.8, 4) is 0 Å². The van der Waals surface area contributed by atoms with Gasteiger partial charge in [-0.25, -0.2) is 24.1 Å². The first-order valence-electron chi connectivity index (χ1n) is 9.26. The Morgan fingerprint density at radius 1 is 1.07 bits per heavy atom. The summed E-state index contributed by atoms with van der Waals surface area (Å²) >= 11 is 0. The molecule has 2 aliphatic heterocycles. The van der Waals surface area contributed by atoms with Crippen LogP contribution in [-0.2, 0) is 29.0 Å². The monoisotopic (exact) mass is 418 g/mol. The Hall–Kier alpha value is -1.74. The Labute approximate surface area is 176 Å². The standard InChI is InChI=1S/C13H21N2O2.C9H9.Zn/c1-8(2)10-6-16-12(14-10)5-13-15-11(7-17-13)9(3)4;1-2-6-9-7-4-3-5-8-9;/h5,8-11H,6-7H2,1-4H3;2-8H,1H2;/q2*-1;+2/b12-5-;6-2+;/t10-,11-;;/m1../s1. The average molecular weight is 420 g/mol. The minimum absolute atomic E-state index is 0. The summed E-state index contributed by atoms with van der Waals surface area (Å²) in [5, 5.41) is 4.50. The van der Waals surface area contributed by atoms with Crippen molar-refractivity contribution in [2.75, 3.05) is 13.2 Å². The summed E-state index contributed by atoms with van der Waals surface area (Å²) in [5.74, 6) is 2.34. The molecular weight excluding hydrogens is 390 g/mol. The number of allylic oxidation sites excluding steroid dienone is 1. The number of rotatable bonds is 4. The third-order valence-corrected chi connectivity index (χ3v) is 4.29. The first kappa shape index (κ1) is 23.3. The van der Waals surface area contributed by atoms with E-state index in [2.05, 4.69) is 44.9 Å². The van der Waals surface area contributed by atoms with Crippen molar-refractivity contribution in [3.63, 3.8) is 0 Å². The van der Waals surface area contributed by atoms with Crippen LogP contribution in [0.5, 0.6) is 0 Å². The van der Waals surface area contributed by atoms with E-state index in [1.165, 1.54) is 5.56 Å². The maximum Gasteiger partial charge on any atom is 2.00 e. The smallest absolute Gasteiger partial charge is 0.648 e. The third-order valence-electron chi connectivity index (χ3n) is 4.29. The fourth-order valence-electron chi connectivity index (χ4n) is 2.46. The molecule has 27 heavy (non-hydrogen) atoms. The van der Waals surface area contributed by atoms with Gasteiger partial charge in [-0.2, -0.15) is 0 Å². The van der Waals surface area contributed by atoms with Gasteiger partial charge in [0.1, 0.15) is 6.61 Å². The van der Waals surface area contributed by atoms with Crippen LogP contribution in [0.2, 0.25) is 0 Å². The predicted octanol–water partition coefficient (Wildman–Crippen LogP) is 5.24. The first-order chi connectivity index (χ1) is 12.5. The zero-order valence-corrected chi connectivity index (χ0v) is 19.9. The summed E-state index contributed by atoms with van der Waals surface area (Å²) in [6.45, 7) is 13.5. The van der Waals surface area contributed by atoms with E-state index < -0.39 is 0 Å². The molecule has 5 heteroatoms. The van der Waals surface area contributed by atoms with Gasteiger partial charge in [0.25, 0.3) is 0 Å². The number of hydrogen-bond acceptors (Lipinski definition) is 3. The summed E-state index contributed by atoms with van der Waals surface area (Å²) < 4.78 is 11.0. The molecule has 0 aliphatic carbocycles. The second-order valence-electron chi connectivity index (χ2n) is 7.14. The minimum Gasteiger partial charge on any atom is -0.648 e. The molecule has 1 aromatic carbocycles. The summed E-state index contributed by atoms with van der Waals surface area (Å²) in [5.41, 5.74) is 1.20. The Balaban J connectivity index is 0.000000310. The summed E-state index contributed by atoms with van der Waals surface area (Å²) in [4.78, 5) is 4.50. The van der Waals surface area contributed by atoms with E-state index in [0.29, 0.717) is 36.8 Å². The van der Waals surface area contributed by atoms with Gasteiger partial charge >= 0.3 is 19.5 Å². The third kappa shape index (κ3) is 7.80. The molecule has 0 spiro atoms. The van der Waals surface area contributed by atoms with Crippen molar-refractivity contribution in [2.24, 2.45) is 16.8 Å². The van der Waals surface area contributed by atoms with Crippen LogP contribution in [0.15, 0.2) is 53.4 Å². The fraction of sp³-hybridized carbons (Fsp3) is 0.455. The summed E-state index contributed by atoms with van der Waals surface area (Å²) in [7, 11) is 0. The van der Waals surface area contributed by atoms with E-state index >= 15 is 0 Å². The minimum atomic E-state index is 0. The molecule has 4 nitrogen and oxygen atoms in total. The topological polar surface area (TPSA) is 44.9 Å². The van der Waals surface area contributed by atoms with Gasteiger partial charge in [0.05, 0.1) is 12.6 Å². The van der Waals surface area contributed by atoms with Crippen molar-refractivity contribution in [1.29, 1.82) is 0 Å². The van der Waals surface area contributed by atoms with Crippen molar-refractivity contribution in [1.82, 2.24) is 0 Å². The van der Waals surface area contributed by atoms with Crippen LogP contribution in [0.1, 0.15) is 33.3 Å². The van der Waals surface area contributed by atoms with E-state index in [1.54, 1.807) is 6.08 Å². The largest absolute Gasteiger partial charge is 2.00 e. The van der Waals surface area contributed by atoms with E-state index in [9.17, 15) is 0 Å². The molecule has 0 bridgehead atoms. The Bertz CT molecular complexity index is 639. The molecule has 0 N–H and O–H groups in total. The van der Waals surface area contributed by atoms with Crippen LogP contribution in [0.25, 0.3) is 11.4 Å². The van der Waals surface area contributed by atoms with Crippen LogP contribution < -0.4 is 0 Å². The molecule has 3 rings (SSSR count). The maximum atomic E-state index is 5.52. The molecule has 0 amide bonds. The predicted molar refractivity (Wildman–Crippen MR) is 109 cm³/mol. The van der Waals surface area contributed by atoms with Gasteiger partial charge in [-0.05, 0) is 5.92 Å². The van der Waals surface area contributed by atoms with Crippen LogP contribution in [0.3, 0.4) is 0 Å². The molecular formula is C22H30N2O2Zn. The molecule has 1 fully saturated rings. The summed E-state index contributed by atoms with van der Waals surface area (Å²) in [6, 6.07) is 10.6. The number of nitrogens with zero attached hydrogens (tertiary/aromatic N) is 2. The molecule has 0 saturated carbocycles. The van der Waals surface area contributed by atoms with Gasteiger partial charge in [-0.15, -0.1) is 5.56 Å². The molecule has 0 radical (unpaired) electrons. The van der Waals surface area contributed by atoms with Crippen LogP contribution in [0, 0.1) is 18.8 Å². The molecule has 2 atom stereocenters. The Kier molecular flexibility index (Phi) is 10.2. The number of hydrogen-bond donors (Lipinski definition) is 0. The normalized spacial score (nSPS) is 22.6. The number of ether oxygens (including phenoxy) is 2. The number of benzene rings is 1. The number of aliphatic imine (C=N–C) groups is 1. The molecule has 1 aromatic rings. The Morgan fingerprint density at radius 3 is 2.30 bits per heavy atom. The summed E-state index contributed by atoms with van der Waals surface area (Å²) in [6.07, 6.45) is 5.57. The van der Waals surface area contributed by atoms with Crippen LogP contribution >= 0.6 is 0 Å². The van der Waals surface area contributed by atoms with Gasteiger partial charge < -0.3 is 14.8 Å². The van der Waals surface area contributed by atoms with E-state index in [4.69, 9.17) is 9.47 Å². The zero-order valence-electron chi connectivity index (χ0n) is 17.0. The first-order valence-corrected chi connectivity index (χ1v) is 9.26. The SMILES string of the molecule is CC(C)[C@H]1COC(/C=C2/[N-][C@@H](C(C)C)CO2)=N1.[CH2-]/C=C/c1ccccc1.[Zn+2]. The molecule has 1 saturated heterocycles. The second-order valence-corrected chi connectivity index (χ2v) is 7.14. The fourth-order valence-corrected chi connectivity index (χ4v) is 2.46. The Morgan fingerprint density at radius 2 is 1.78 bits per heavy atom. The molecule has 2 heterocycles. The van der Waals surface area contributed by atoms with E-state index in [1.807, 2.05) is 42.5 Å². The molecule has 0 unspecified atom stereocenters. The van der Waals surface area contributed by atoms with Gasteiger partial charge in [0.15, 0.2) is 0 Å². The van der Waals surface area contributed by atoms with Crippen molar-refractivity contribution < 1.29 is 29.0 Å². The zero-order chi connectivity index (χ0) is 18.9. The quantitative estimate of drug-likeness (QED) is 0.494. The van der Waals surface area contributed by atoms with Gasteiger partial charge in [0, 0.05) is 12.0 Å². The van der Waals surface area contributed by atoms with Crippen LogP contribution in [0.4, 0.5) is 0 Å². The van der Waals surface area contributed by atoms with Gasteiger partial charge in [-0.3, -0.25) is 0 Å².